The summed E-state index contributed by atoms with van der Waals surface area (Å²) >= 11 is 5.79. The van der Waals surface area contributed by atoms with Gasteiger partial charge in [0.15, 0.2) is 28.8 Å². The molecule has 0 saturated heterocycles. The monoisotopic (exact) mass is 1030 g/mol. The lowest BCUT2D eigenvalue weighted by Gasteiger charge is -2.10. The van der Waals surface area contributed by atoms with Crippen LogP contribution in [-0.2, 0) is 0 Å². The number of nitrogens with one attached hydrogen (secondary N) is 3. The van der Waals surface area contributed by atoms with Crippen LogP contribution in [0.25, 0.3) is 0 Å². The van der Waals surface area contributed by atoms with Crippen LogP contribution in [0.5, 0.6) is 40.2 Å². The summed E-state index contributed by atoms with van der Waals surface area (Å²) in [5.74, 6) is -3.61. The first-order valence-corrected chi connectivity index (χ1v) is 21.7. The molecule has 0 aliphatic rings. The second-order valence-corrected chi connectivity index (χ2v) is 15.3. The average molecular weight is 1030 g/mol. The van der Waals surface area contributed by atoms with Gasteiger partial charge in [0.1, 0.15) is 59.3 Å². The molecule has 5 heterocycles. The smallest absolute Gasteiger partial charge is 0.274 e. The number of ether oxygens (including phenoxy) is 4. The normalized spacial score (nSPS) is 10.3. The van der Waals surface area contributed by atoms with Crippen molar-refractivity contribution < 1.29 is 50.9 Å². The van der Waals surface area contributed by atoms with Gasteiger partial charge in [-0.3, -0.25) is 24.4 Å². The van der Waals surface area contributed by atoms with Gasteiger partial charge in [0.25, 0.3) is 17.7 Å². The van der Waals surface area contributed by atoms with Crippen molar-refractivity contribution in [3.05, 3.63) is 216 Å². The fourth-order valence-electron chi connectivity index (χ4n) is 6.08. The van der Waals surface area contributed by atoms with Crippen molar-refractivity contribution in [1.82, 2.24) is 39.9 Å². The summed E-state index contributed by atoms with van der Waals surface area (Å²) in [6.45, 7) is 1.90. The standard InChI is InChI=1S/C18H14FN3O2.C17H13FN4O3.C16H9ClF2N4O2/c1-12-3-2-4-13(5-12)18(23)22-15-6-14(19)7-16(8-15)24-17-9-20-11-21-10-17;1-24-13-2-3-21-16(7-13)17(23)22-12-4-11(18)5-14(6-12)25-15-8-19-10-20-9-15;17-9-1-2-22-13(3-9)16(24)23-10-4-12(18)15(19)14(5-10)25-11-6-20-8-21-7-11/h2-11H,1H3,(H,22,23);2-10H,1H3,(H,22,23);1-8H,(H,23,24). The molecule has 9 rings (SSSR count). The zero-order valence-corrected chi connectivity index (χ0v) is 39.2. The summed E-state index contributed by atoms with van der Waals surface area (Å²) in [6.07, 6.45) is 15.2. The molecule has 3 N–H and O–H groups in total. The van der Waals surface area contributed by atoms with Crippen LogP contribution < -0.4 is 34.9 Å². The van der Waals surface area contributed by atoms with Crippen LogP contribution in [0.15, 0.2) is 166 Å². The van der Waals surface area contributed by atoms with Crippen LogP contribution in [0.3, 0.4) is 0 Å². The van der Waals surface area contributed by atoms with E-state index in [1.165, 1.54) is 130 Å². The molecule has 372 valence electrons. The Morgan fingerprint density at radius 1 is 0.500 bits per heavy atom. The van der Waals surface area contributed by atoms with Crippen LogP contribution in [0.2, 0.25) is 5.02 Å². The summed E-state index contributed by atoms with van der Waals surface area (Å²) in [7, 11) is 1.49. The minimum atomic E-state index is -1.21. The summed E-state index contributed by atoms with van der Waals surface area (Å²) in [5, 5.41) is 7.95. The molecule has 4 aromatic carbocycles. The molecule has 0 bridgehead atoms. The predicted octanol–water partition coefficient (Wildman–Crippen LogP) is 10.9. The fourth-order valence-corrected chi connectivity index (χ4v) is 6.24. The lowest BCUT2D eigenvalue weighted by atomic mass is 10.1. The Labute approximate surface area is 422 Å². The molecule has 9 aromatic rings. The number of hydrogen-bond donors (Lipinski definition) is 3. The van der Waals surface area contributed by atoms with Gasteiger partial charge < -0.3 is 34.9 Å². The SMILES string of the molecule is COc1ccnc(C(=O)Nc2cc(F)cc(Oc3cncnc3)c2)c1.Cc1cccc(C(=O)Nc2cc(F)cc(Oc3cncnc3)c2)c1.O=C(Nc1cc(F)c(F)c(Oc2cncnc2)c1)c1cc(Cl)ccn1. The number of amides is 3. The van der Waals surface area contributed by atoms with Gasteiger partial charge >= 0.3 is 0 Å². The lowest BCUT2D eigenvalue weighted by molar-refractivity contribution is 0.101. The van der Waals surface area contributed by atoms with Crippen LogP contribution in [0, 0.1) is 30.2 Å². The molecule has 18 nitrogen and oxygen atoms in total. The van der Waals surface area contributed by atoms with Crippen molar-refractivity contribution in [3.63, 3.8) is 0 Å². The van der Waals surface area contributed by atoms with Crippen molar-refractivity contribution in [1.29, 1.82) is 0 Å². The number of benzene rings is 4. The zero-order valence-electron chi connectivity index (χ0n) is 38.4. The number of methoxy groups -OCH3 is 1. The highest BCUT2D eigenvalue weighted by atomic mass is 35.5. The molecular formula is C51H36ClF4N11O7. The third-order valence-electron chi connectivity index (χ3n) is 9.26. The number of nitrogens with zero attached hydrogens (tertiary/aromatic N) is 8. The van der Waals surface area contributed by atoms with Gasteiger partial charge in [-0.25, -0.2) is 43.1 Å². The van der Waals surface area contributed by atoms with Crippen LogP contribution in [0.4, 0.5) is 34.6 Å². The summed E-state index contributed by atoms with van der Waals surface area (Å²) in [4.78, 5) is 67.1. The third kappa shape index (κ3) is 15.5. The summed E-state index contributed by atoms with van der Waals surface area (Å²) in [6, 6.07) is 22.9. The van der Waals surface area contributed by atoms with E-state index in [4.69, 9.17) is 30.5 Å². The van der Waals surface area contributed by atoms with Gasteiger partial charge in [-0.15, -0.1) is 0 Å². The van der Waals surface area contributed by atoms with E-state index in [-0.39, 0.29) is 45.9 Å². The molecule has 0 fully saturated rings. The predicted molar refractivity (Wildman–Crippen MR) is 261 cm³/mol. The Bertz CT molecular complexity index is 3400. The number of anilines is 3. The van der Waals surface area contributed by atoms with E-state index in [0.717, 1.165) is 17.7 Å². The van der Waals surface area contributed by atoms with E-state index in [1.54, 1.807) is 24.3 Å². The van der Waals surface area contributed by atoms with E-state index >= 15 is 0 Å². The molecule has 0 saturated carbocycles. The maximum absolute atomic E-state index is 13.9. The number of carbonyl (C=O) groups is 3. The number of carbonyl (C=O) groups excluding carboxylic acids is 3. The van der Waals surface area contributed by atoms with Crippen LogP contribution in [0.1, 0.15) is 36.9 Å². The highest BCUT2D eigenvalue weighted by Crippen LogP contribution is 2.30. The third-order valence-corrected chi connectivity index (χ3v) is 9.49. The topological polar surface area (TPSA) is 227 Å². The van der Waals surface area contributed by atoms with Crippen molar-refractivity contribution >= 4 is 46.4 Å². The molecule has 0 aliphatic heterocycles. The van der Waals surface area contributed by atoms with E-state index in [1.807, 2.05) is 13.0 Å². The molecule has 74 heavy (non-hydrogen) atoms. The largest absolute Gasteiger partial charge is 0.497 e. The van der Waals surface area contributed by atoms with Crippen molar-refractivity contribution in [2.45, 2.75) is 6.92 Å². The van der Waals surface area contributed by atoms with Gasteiger partial charge in [-0.2, -0.15) is 4.39 Å². The maximum Gasteiger partial charge on any atom is 0.274 e. The van der Waals surface area contributed by atoms with Crippen molar-refractivity contribution in [2.75, 3.05) is 23.1 Å². The van der Waals surface area contributed by atoms with Gasteiger partial charge in [-0.1, -0.05) is 29.3 Å². The summed E-state index contributed by atoms with van der Waals surface area (Å²) in [5.41, 5.74) is 2.14. The Morgan fingerprint density at radius 3 is 1.50 bits per heavy atom. The first-order chi connectivity index (χ1) is 35.8. The molecule has 0 atom stereocenters. The lowest BCUT2D eigenvalue weighted by Crippen LogP contribution is -2.14. The minimum absolute atomic E-state index is 0.0162. The zero-order chi connectivity index (χ0) is 52.4. The first-order valence-electron chi connectivity index (χ1n) is 21.3. The quantitative estimate of drug-likeness (QED) is 0.0913. The number of aryl methyl sites for hydroxylation is 1. The van der Waals surface area contributed by atoms with E-state index in [9.17, 15) is 31.9 Å². The molecule has 0 radical (unpaired) electrons. The molecule has 0 aliphatic carbocycles. The molecule has 5 aromatic heterocycles. The second kappa shape index (κ2) is 25.2. The highest BCUT2D eigenvalue weighted by molar-refractivity contribution is 6.31. The van der Waals surface area contributed by atoms with E-state index < -0.39 is 40.8 Å². The maximum atomic E-state index is 13.9. The first kappa shape index (κ1) is 51.9. The number of pyridine rings is 2. The van der Waals surface area contributed by atoms with Gasteiger partial charge in [0, 0.05) is 82.5 Å². The van der Waals surface area contributed by atoms with E-state index in [0.29, 0.717) is 33.5 Å². The Morgan fingerprint density at radius 2 is 0.986 bits per heavy atom. The fraction of sp³-hybridized carbons (Fsp3) is 0.0392. The number of rotatable bonds is 13. The van der Waals surface area contributed by atoms with Gasteiger partial charge in [0.05, 0.1) is 44.3 Å². The molecule has 23 heteroatoms. The van der Waals surface area contributed by atoms with E-state index in [2.05, 4.69) is 55.8 Å². The Balaban J connectivity index is 0.000000162. The van der Waals surface area contributed by atoms with Gasteiger partial charge in [0.2, 0.25) is 5.82 Å². The second-order valence-electron chi connectivity index (χ2n) is 14.8. The number of hydrogen-bond acceptors (Lipinski definition) is 15. The number of aromatic nitrogens is 8. The van der Waals surface area contributed by atoms with Crippen LogP contribution >= 0.6 is 11.6 Å². The Hall–Kier alpha value is -9.96. The van der Waals surface area contributed by atoms with Crippen molar-refractivity contribution in [3.8, 4) is 40.2 Å². The Kier molecular flexibility index (Phi) is 17.7. The van der Waals surface area contributed by atoms with Crippen molar-refractivity contribution in [2.24, 2.45) is 0 Å². The van der Waals surface area contributed by atoms with Gasteiger partial charge in [-0.05, 0) is 49.4 Å². The number of halogens is 5. The highest BCUT2D eigenvalue weighted by Gasteiger charge is 2.17. The average Bonchev–Trinajstić information content (AvgIpc) is 3.39. The molecular weight excluding hydrogens is 990 g/mol. The summed E-state index contributed by atoms with van der Waals surface area (Å²) < 4.78 is 76.5. The molecule has 0 unspecified atom stereocenters. The molecule has 0 spiro atoms. The molecule has 3 amide bonds. The minimum Gasteiger partial charge on any atom is -0.497 e. The van der Waals surface area contributed by atoms with Crippen LogP contribution in [-0.4, -0.2) is 64.7 Å².